The number of carbonyl (C=O) groups excluding carboxylic acids is 3. The molecule has 2 aliphatic heterocycles. The first-order valence-corrected chi connectivity index (χ1v) is 11.4. The van der Waals surface area contributed by atoms with Crippen molar-refractivity contribution >= 4 is 58.6 Å². The molecule has 2 atom stereocenters. The predicted molar refractivity (Wildman–Crippen MR) is 107 cm³/mol. The van der Waals surface area contributed by atoms with E-state index in [2.05, 4.69) is 5.32 Å². The number of esters is 1. The van der Waals surface area contributed by atoms with Gasteiger partial charge in [-0.15, -0.1) is 23.5 Å². The number of carboxylic acid groups (broad SMARTS) is 1. The van der Waals surface area contributed by atoms with Gasteiger partial charge in [-0.05, 0) is 28.6 Å². The van der Waals surface area contributed by atoms with Crippen LogP contribution in [0.2, 0.25) is 0 Å². The summed E-state index contributed by atoms with van der Waals surface area (Å²) in [5, 5.41) is 16.1. The first-order valence-electron chi connectivity index (χ1n) is 8.22. The Morgan fingerprint density at radius 1 is 1.46 bits per heavy atom. The number of amides is 2. The summed E-state index contributed by atoms with van der Waals surface area (Å²) in [6.07, 6.45) is 1.92. The molecule has 1 saturated heterocycles. The second-order valence-electron chi connectivity index (χ2n) is 6.14. The fourth-order valence-corrected chi connectivity index (χ4v) is 6.40. The van der Waals surface area contributed by atoms with Crippen molar-refractivity contribution in [3.63, 3.8) is 0 Å². The van der Waals surface area contributed by atoms with Crippen LogP contribution >= 0.6 is 34.9 Å². The number of nitrogens with zero attached hydrogens (tertiary/aromatic N) is 1. The molecule has 2 aliphatic rings. The van der Waals surface area contributed by atoms with Gasteiger partial charge in [0.1, 0.15) is 12.3 Å². The molecule has 1 aromatic rings. The van der Waals surface area contributed by atoms with Gasteiger partial charge in [-0.3, -0.25) is 19.3 Å². The van der Waals surface area contributed by atoms with E-state index < -0.39 is 28.1 Å². The molecule has 1 fully saturated rings. The third-order valence-electron chi connectivity index (χ3n) is 4.35. The van der Waals surface area contributed by atoms with Crippen LogP contribution in [0.1, 0.15) is 12.5 Å². The molecule has 0 spiro atoms. The Kier molecular flexibility index (Phi) is 6.06. The Labute approximate surface area is 173 Å². The zero-order valence-electron chi connectivity index (χ0n) is 15.1. The summed E-state index contributed by atoms with van der Waals surface area (Å²) < 4.78 is 4.00. The van der Waals surface area contributed by atoms with Gasteiger partial charge in [0.15, 0.2) is 10.2 Å². The van der Waals surface area contributed by atoms with E-state index in [0.717, 1.165) is 5.56 Å². The molecule has 0 saturated carbocycles. The van der Waals surface area contributed by atoms with Gasteiger partial charge in [-0.1, -0.05) is 0 Å². The number of aliphatic carboxylic acids is 1. The van der Waals surface area contributed by atoms with E-state index in [-0.39, 0.29) is 30.4 Å². The fraction of sp³-hybridized carbons (Fsp3) is 0.412. The number of rotatable bonds is 7. The van der Waals surface area contributed by atoms with Crippen molar-refractivity contribution in [2.24, 2.45) is 0 Å². The number of β-lactam (4-membered cyclic amide) rings is 1. The van der Waals surface area contributed by atoms with Crippen molar-refractivity contribution in [3.8, 4) is 0 Å². The van der Waals surface area contributed by atoms with Gasteiger partial charge in [0, 0.05) is 18.2 Å². The average molecular weight is 443 g/mol. The summed E-state index contributed by atoms with van der Waals surface area (Å²) >= 11 is 4.13. The predicted octanol–water partition coefficient (Wildman–Crippen LogP) is 1.28. The molecule has 0 aromatic carbocycles. The largest absolute Gasteiger partial charge is 0.477 e. The Morgan fingerprint density at radius 3 is 2.79 bits per heavy atom. The zero-order chi connectivity index (χ0) is 20.5. The van der Waals surface area contributed by atoms with Gasteiger partial charge in [0.2, 0.25) is 5.91 Å². The van der Waals surface area contributed by atoms with E-state index in [4.69, 9.17) is 4.74 Å². The summed E-state index contributed by atoms with van der Waals surface area (Å²) in [4.78, 5) is 49.3. The summed E-state index contributed by atoms with van der Waals surface area (Å²) in [5.74, 6) is -2.30. The van der Waals surface area contributed by atoms with Crippen molar-refractivity contribution in [2.75, 3.05) is 18.6 Å². The van der Waals surface area contributed by atoms with Crippen LogP contribution in [0, 0.1) is 0 Å². The Hall–Kier alpha value is -1.98. The Bertz CT molecular complexity index is 853. The molecule has 0 radical (unpaired) electrons. The van der Waals surface area contributed by atoms with Gasteiger partial charge >= 0.3 is 11.9 Å². The van der Waals surface area contributed by atoms with Gasteiger partial charge < -0.3 is 15.2 Å². The van der Waals surface area contributed by atoms with E-state index in [0.29, 0.717) is 5.57 Å². The van der Waals surface area contributed by atoms with E-state index in [1.807, 2.05) is 16.8 Å². The molecule has 3 rings (SSSR count). The van der Waals surface area contributed by atoms with Crippen molar-refractivity contribution in [3.05, 3.63) is 33.7 Å². The van der Waals surface area contributed by atoms with Crippen LogP contribution in [-0.2, 0) is 30.3 Å². The lowest BCUT2D eigenvalue weighted by Crippen LogP contribution is -2.77. The van der Waals surface area contributed by atoms with Crippen molar-refractivity contribution in [1.29, 1.82) is 0 Å². The summed E-state index contributed by atoms with van der Waals surface area (Å²) in [5.41, 5.74) is 1.03. The molecule has 8 nitrogen and oxygen atoms in total. The van der Waals surface area contributed by atoms with Crippen LogP contribution in [0.15, 0.2) is 28.1 Å². The van der Waals surface area contributed by atoms with Gasteiger partial charge in [-0.2, -0.15) is 11.3 Å². The molecule has 0 aliphatic carbocycles. The monoisotopic (exact) mass is 442 g/mol. The van der Waals surface area contributed by atoms with Crippen molar-refractivity contribution < 1.29 is 29.0 Å². The lowest BCUT2D eigenvalue weighted by molar-refractivity contribution is -0.152. The number of thioether (sulfide) groups is 2. The van der Waals surface area contributed by atoms with E-state index in [9.17, 15) is 24.3 Å². The van der Waals surface area contributed by atoms with Crippen molar-refractivity contribution in [1.82, 2.24) is 10.2 Å². The van der Waals surface area contributed by atoms with Crippen LogP contribution in [0.25, 0.3) is 0 Å². The second kappa shape index (κ2) is 8.18. The molecule has 1 aromatic heterocycles. The van der Waals surface area contributed by atoms with E-state index >= 15 is 0 Å². The summed E-state index contributed by atoms with van der Waals surface area (Å²) in [6.45, 7) is 1.05. The van der Waals surface area contributed by atoms with E-state index in [1.165, 1.54) is 46.7 Å². The number of hydrogen-bond acceptors (Lipinski definition) is 8. The zero-order valence-corrected chi connectivity index (χ0v) is 17.5. The minimum Gasteiger partial charge on any atom is -0.477 e. The van der Waals surface area contributed by atoms with Gasteiger partial charge in [0.05, 0.1) is 6.42 Å². The van der Waals surface area contributed by atoms with Crippen molar-refractivity contribution in [2.45, 2.75) is 23.6 Å². The number of ether oxygens (including phenoxy) is 1. The highest BCUT2D eigenvalue weighted by molar-refractivity contribution is 8.18. The van der Waals surface area contributed by atoms with Crippen LogP contribution < -0.4 is 5.32 Å². The van der Waals surface area contributed by atoms with Gasteiger partial charge in [-0.25, -0.2) is 4.79 Å². The molecule has 3 heterocycles. The highest BCUT2D eigenvalue weighted by Gasteiger charge is 2.65. The Morgan fingerprint density at radius 2 is 2.21 bits per heavy atom. The first kappa shape index (κ1) is 20.7. The third kappa shape index (κ3) is 3.65. The fourth-order valence-electron chi connectivity index (χ4n) is 3.09. The topological polar surface area (TPSA) is 113 Å². The lowest BCUT2D eigenvalue weighted by Gasteiger charge is -2.57. The standard InChI is InChI=1S/C17H18N2O6S3/c1-9(20)25-6-11-8-28-17(26-2)14(15(22)19(17)13(11)16(23)24)18-12(21)5-10-3-4-27-7-10/h3-4,7,14H,5-6,8H2,1-2H3,(H,18,21)(H,23,24). The number of nitrogens with one attached hydrogen (secondary N) is 1. The normalized spacial score (nSPS) is 23.7. The number of hydrogen-bond donors (Lipinski definition) is 2. The summed E-state index contributed by atoms with van der Waals surface area (Å²) in [6, 6.07) is 1.01. The molecular weight excluding hydrogens is 424 g/mol. The maximum Gasteiger partial charge on any atom is 0.352 e. The highest BCUT2D eigenvalue weighted by Crippen LogP contribution is 2.55. The van der Waals surface area contributed by atoms with E-state index in [1.54, 1.807) is 6.26 Å². The van der Waals surface area contributed by atoms with Crippen LogP contribution in [0.4, 0.5) is 0 Å². The smallest absolute Gasteiger partial charge is 0.352 e. The number of fused-ring (bicyclic) bond motifs is 1. The van der Waals surface area contributed by atoms with Crippen LogP contribution in [0.3, 0.4) is 0 Å². The molecule has 2 unspecified atom stereocenters. The molecule has 11 heteroatoms. The average Bonchev–Trinajstić information content (AvgIpc) is 3.15. The number of carboxylic acids is 1. The summed E-state index contributed by atoms with van der Waals surface area (Å²) in [7, 11) is 0. The number of carbonyl (C=O) groups is 4. The second-order valence-corrected chi connectivity index (χ2v) is 9.41. The number of thiophene rings is 1. The molecule has 150 valence electrons. The van der Waals surface area contributed by atoms with Crippen LogP contribution in [0.5, 0.6) is 0 Å². The molecule has 2 amide bonds. The highest BCUT2D eigenvalue weighted by atomic mass is 32.2. The molecular formula is C17H18N2O6S3. The van der Waals surface area contributed by atoms with Gasteiger partial charge in [0.25, 0.3) is 5.91 Å². The Balaban J connectivity index is 1.82. The maximum atomic E-state index is 12.8. The van der Waals surface area contributed by atoms with Crippen LogP contribution in [-0.4, -0.2) is 62.6 Å². The molecule has 2 N–H and O–H groups in total. The minimum atomic E-state index is -1.27. The molecule has 0 bridgehead atoms. The first-order chi connectivity index (χ1) is 13.3. The maximum absolute atomic E-state index is 12.8. The quantitative estimate of drug-likeness (QED) is 0.480. The lowest BCUT2D eigenvalue weighted by atomic mass is 10.0. The molecule has 28 heavy (non-hydrogen) atoms. The SMILES string of the molecule is CSC12SCC(COC(C)=O)=C(C(=O)O)N1C(=O)C2NC(=O)Cc1ccsc1. The third-order valence-corrected chi connectivity index (χ3v) is 8.26. The minimum absolute atomic E-state index is 0.155.